The molecule has 0 radical (unpaired) electrons. The van der Waals surface area contributed by atoms with Gasteiger partial charge in [-0.2, -0.15) is 0 Å². The molecule has 2 aliphatic carbocycles. The maximum atomic E-state index is 7.31. The van der Waals surface area contributed by atoms with Crippen LogP contribution in [0.1, 0.15) is 76.0 Å². The quantitative estimate of drug-likeness (QED) is 0.229. The summed E-state index contributed by atoms with van der Waals surface area (Å²) in [5, 5.41) is 5.66. The standard InChI is InChI=1S/C36H46O2Si2/c1-35(2,3)39(7,8)37-31-21-27-25-17-13-12-16-24(25)20-30-32(38-40(9,10)36(4,5)6)22-28-26-18-14-11-15-23(26)19-29(31)33(28)34(27)30/h11-20,31-32H,21-22H2,1-10H3. The van der Waals surface area contributed by atoms with Crippen molar-refractivity contribution in [3.8, 4) is 11.1 Å². The third-order valence-corrected chi connectivity index (χ3v) is 19.6. The zero-order valence-electron chi connectivity index (χ0n) is 26.2. The average molecular weight is 567 g/mol. The number of hydrogen-bond acceptors (Lipinski definition) is 2. The molecule has 0 bridgehead atoms. The lowest BCUT2D eigenvalue weighted by Gasteiger charge is -2.45. The molecule has 2 unspecified atom stereocenters. The highest BCUT2D eigenvalue weighted by atomic mass is 28.4. The maximum Gasteiger partial charge on any atom is 0.192 e. The molecule has 40 heavy (non-hydrogen) atoms. The minimum absolute atomic E-state index is 0.0586. The molecule has 2 nitrogen and oxygen atoms in total. The van der Waals surface area contributed by atoms with Crippen molar-refractivity contribution < 1.29 is 8.85 Å². The number of hydrogen-bond donors (Lipinski definition) is 0. The third kappa shape index (κ3) is 4.34. The Morgan fingerprint density at radius 2 is 0.925 bits per heavy atom. The van der Waals surface area contributed by atoms with Crippen LogP contribution in [0.4, 0.5) is 0 Å². The Bertz CT molecular complexity index is 1510. The molecular weight excluding hydrogens is 521 g/mol. The van der Waals surface area contributed by atoms with Gasteiger partial charge in [-0.05, 0) is 103 Å². The normalized spacial score (nSPS) is 19.2. The summed E-state index contributed by atoms with van der Waals surface area (Å²) >= 11 is 0. The van der Waals surface area contributed by atoms with Gasteiger partial charge < -0.3 is 8.85 Å². The molecule has 6 rings (SSSR count). The third-order valence-electron chi connectivity index (χ3n) is 10.6. The van der Waals surface area contributed by atoms with Gasteiger partial charge in [0.15, 0.2) is 16.6 Å². The van der Waals surface area contributed by atoms with Gasteiger partial charge in [-0.3, -0.25) is 0 Å². The van der Waals surface area contributed by atoms with E-state index in [4.69, 9.17) is 8.85 Å². The van der Waals surface area contributed by atoms with Gasteiger partial charge in [0.2, 0.25) is 0 Å². The first-order chi connectivity index (χ1) is 18.6. The van der Waals surface area contributed by atoms with Crippen LogP contribution in [-0.4, -0.2) is 16.6 Å². The van der Waals surface area contributed by atoms with Gasteiger partial charge in [-0.1, -0.05) is 90.1 Å². The van der Waals surface area contributed by atoms with Gasteiger partial charge in [0.1, 0.15) is 0 Å². The Labute approximate surface area is 243 Å². The number of fused-ring (bicyclic) bond motifs is 4. The van der Waals surface area contributed by atoms with Crippen LogP contribution in [0.5, 0.6) is 0 Å². The van der Waals surface area contributed by atoms with Crippen LogP contribution in [0.15, 0.2) is 60.7 Å². The number of rotatable bonds is 4. The van der Waals surface area contributed by atoms with E-state index in [0.717, 1.165) is 12.8 Å². The summed E-state index contributed by atoms with van der Waals surface area (Å²) in [4.78, 5) is 0. The highest BCUT2D eigenvalue weighted by Gasteiger charge is 2.45. The van der Waals surface area contributed by atoms with Crippen molar-refractivity contribution in [1.82, 2.24) is 0 Å². The molecule has 0 fully saturated rings. The molecule has 0 aliphatic heterocycles. The second kappa shape index (κ2) is 9.13. The SMILES string of the molecule is CC(C)(C)[Si](C)(C)OC1Cc2c3c(cc4ccccc24)C(O[Si](C)(C)C(C)(C)C)Cc2c-3c1cc1ccccc21. The lowest BCUT2D eigenvalue weighted by atomic mass is 9.71. The van der Waals surface area contributed by atoms with E-state index in [1.165, 1.54) is 54.9 Å². The molecule has 0 saturated carbocycles. The topological polar surface area (TPSA) is 18.5 Å². The van der Waals surface area contributed by atoms with E-state index >= 15 is 0 Å². The van der Waals surface area contributed by atoms with Gasteiger partial charge in [0.25, 0.3) is 0 Å². The summed E-state index contributed by atoms with van der Waals surface area (Å²) in [5.74, 6) is 0. The first-order valence-electron chi connectivity index (χ1n) is 15.0. The Hall–Kier alpha value is -2.25. The predicted octanol–water partition coefficient (Wildman–Crippen LogP) is 10.9. The van der Waals surface area contributed by atoms with E-state index in [1.807, 2.05) is 0 Å². The van der Waals surface area contributed by atoms with Crippen LogP contribution in [0.2, 0.25) is 36.3 Å². The van der Waals surface area contributed by atoms with Crippen LogP contribution >= 0.6 is 0 Å². The van der Waals surface area contributed by atoms with Crippen LogP contribution in [0.25, 0.3) is 32.7 Å². The molecule has 0 heterocycles. The van der Waals surface area contributed by atoms with Gasteiger partial charge in [-0.25, -0.2) is 0 Å². The van der Waals surface area contributed by atoms with Crippen LogP contribution in [-0.2, 0) is 21.7 Å². The minimum atomic E-state index is -2.02. The Kier molecular flexibility index (Phi) is 6.37. The van der Waals surface area contributed by atoms with E-state index in [9.17, 15) is 0 Å². The Morgan fingerprint density at radius 1 is 0.575 bits per heavy atom. The summed E-state index contributed by atoms with van der Waals surface area (Å²) in [5.41, 5.74) is 8.52. The van der Waals surface area contributed by atoms with Crippen molar-refractivity contribution >= 4 is 38.2 Å². The summed E-state index contributed by atoms with van der Waals surface area (Å²) in [6.45, 7) is 23.7. The van der Waals surface area contributed by atoms with E-state index < -0.39 is 16.6 Å². The zero-order chi connectivity index (χ0) is 28.8. The first-order valence-corrected chi connectivity index (χ1v) is 20.9. The van der Waals surface area contributed by atoms with Crippen molar-refractivity contribution in [3.05, 3.63) is 82.9 Å². The smallest absolute Gasteiger partial charge is 0.192 e. The first kappa shape index (κ1) is 27.9. The van der Waals surface area contributed by atoms with Crippen LogP contribution < -0.4 is 0 Å². The van der Waals surface area contributed by atoms with E-state index in [2.05, 4.69) is 128 Å². The minimum Gasteiger partial charge on any atom is -0.410 e. The van der Waals surface area contributed by atoms with Gasteiger partial charge in [0, 0.05) is 12.8 Å². The molecule has 2 aliphatic rings. The van der Waals surface area contributed by atoms with Gasteiger partial charge in [-0.15, -0.1) is 0 Å². The monoisotopic (exact) mass is 566 g/mol. The fourth-order valence-electron chi connectivity index (χ4n) is 6.28. The van der Waals surface area contributed by atoms with E-state index in [1.54, 1.807) is 0 Å². The van der Waals surface area contributed by atoms with Crippen molar-refractivity contribution in [1.29, 1.82) is 0 Å². The molecule has 4 heteroatoms. The van der Waals surface area contributed by atoms with E-state index in [0.29, 0.717) is 0 Å². The second-order valence-electron chi connectivity index (χ2n) is 15.2. The Morgan fingerprint density at radius 3 is 1.27 bits per heavy atom. The molecule has 0 aromatic heterocycles. The largest absolute Gasteiger partial charge is 0.410 e. The molecule has 4 aromatic carbocycles. The van der Waals surface area contributed by atoms with Crippen molar-refractivity contribution in [2.45, 2.75) is 103 Å². The fraction of sp³-hybridized carbons (Fsp3) is 0.444. The summed E-state index contributed by atoms with van der Waals surface area (Å²) < 4.78 is 14.6. The molecular formula is C36H46O2Si2. The van der Waals surface area contributed by atoms with Crippen molar-refractivity contribution in [2.75, 3.05) is 0 Å². The van der Waals surface area contributed by atoms with Crippen molar-refractivity contribution in [3.63, 3.8) is 0 Å². The van der Waals surface area contributed by atoms with Crippen molar-refractivity contribution in [2.24, 2.45) is 0 Å². The predicted molar refractivity (Wildman–Crippen MR) is 176 cm³/mol. The molecule has 2 atom stereocenters. The lowest BCUT2D eigenvalue weighted by molar-refractivity contribution is 0.175. The van der Waals surface area contributed by atoms with E-state index in [-0.39, 0.29) is 22.3 Å². The fourth-order valence-corrected chi connectivity index (χ4v) is 8.83. The average Bonchev–Trinajstić information content (AvgIpc) is 2.86. The summed E-state index contributed by atoms with van der Waals surface area (Å²) in [6.07, 6.45) is 1.94. The zero-order valence-corrected chi connectivity index (χ0v) is 28.2. The molecule has 0 N–H and O–H groups in total. The number of benzene rings is 4. The van der Waals surface area contributed by atoms with Crippen LogP contribution in [0, 0.1) is 0 Å². The molecule has 210 valence electrons. The molecule has 4 aromatic rings. The van der Waals surface area contributed by atoms with Gasteiger partial charge >= 0.3 is 0 Å². The molecule has 0 saturated heterocycles. The molecule has 0 amide bonds. The second-order valence-corrected chi connectivity index (χ2v) is 24.7. The van der Waals surface area contributed by atoms with Crippen LogP contribution in [0.3, 0.4) is 0 Å². The highest BCUT2D eigenvalue weighted by molar-refractivity contribution is 6.74. The summed E-state index contributed by atoms with van der Waals surface area (Å²) in [7, 11) is -4.03. The molecule has 0 spiro atoms. The Balaban J connectivity index is 1.65. The van der Waals surface area contributed by atoms with Gasteiger partial charge in [0.05, 0.1) is 12.2 Å². The maximum absolute atomic E-state index is 7.31. The highest BCUT2D eigenvalue weighted by Crippen LogP contribution is 2.56. The summed E-state index contributed by atoms with van der Waals surface area (Å²) in [6, 6.07) is 22.8. The lowest BCUT2D eigenvalue weighted by Crippen LogP contribution is -2.43.